The van der Waals surface area contributed by atoms with E-state index in [2.05, 4.69) is 0 Å². The van der Waals surface area contributed by atoms with Gasteiger partial charge < -0.3 is 12.9 Å². The summed E-state index contributed by atoms with van der Waals surface area (Å²) in [4.78, 5) is 0.431. The Labute approximate surface area is 126 Å². The van der Waals surface area contributed by atoms with Gasteiger partial charge in [0.2, 0.25) is 0 Å². The Morgan fingerprint density at radius 2 is 1.57 bits per heavy atom. The van der Waals surface area contributed by atoms with Crippen molar-refractivity contribution in [3.8, 4) is 0 Å². The molecule has 0 spiro atoms. The average Bonchev–Trinajstić information content (AvgIpc) is 2.02. The molecule has 0 aromatic heterocycles. The van der Waals surface area contributed by atoms with Crippen LogP contribution in [0.5, 0.6) is 0 Å². The third kappa shape index (κ3) is 6.47. The molecule has 0 bridgehead atoms. The molecule has 14 heavy (non-hydrogen) atoms. The fraction of sp³-hybridized carbons (Fsp3) is 0.143. The maximum Gasteiger partial charge on any atom is 1.00 e. The summed E-state index contributed by atoms with van der Waals surface area (Å²) in [5, 5.41) is 0. The van der Waals surface area contributed by atoms with E-state index in [9.17, 15) is 17.3 Å². The summed E-state index contributed by atoms with van der Waals surface area (Å²) in [6.07, 6.45) is 0. The van der Waals surface area contributed by atoms with Crippen LogP contribution in [0.15, 0.2) is 29.2 Å². The average molecular weight is 248 g/mol. The van der Waals surface area contributed by atoms with Gasteiger partial charge in [-0.3, -0.25) is 0 Å². The molecule has 0 nitrogen and oxygen atoms in total. The first-order chi connectivity index (χ1) is 5.97. The number of halogens is 4. The van der Waals surface area contributed by atoms with Crippen LogP contribution in [0.1, 0.15) is 0 Å². The predicted molar refractivity (Wildman–Crippen MR) is 46.2 cm³/mol. The van der Waals surface area contributed by atoms with Crippen molar-refractivity contribution >= 4 is 18.7 Å². The maximum absolute atomic E-state index is 12.3. The molecule has 0 saturated carbocycles. The molecule has 72 valence electrons. The molecule has 0 unspecified atom stereocenters. The molecule has 0 aliphatic rings. The summed E-state index contributed by atoms with van der Waals surface area (Å²) in [7, 11) is 0. The fourth-order valence-corrected chi connectivity index (χ4v) is 1.43. The van der Waals surface area contributed by atoms with E-state index < -0.39 is 18.4 Å². The van der Waals surface area contributed by atoms with E-state index in [4.69, 9.17) is 0 Å². The molecule has 0 aliphatic heterocycles. The third-order valence-corrected chi connectivity index (χ3v) is 2.40. The minimum atomic E-state index is -4.77. The third-order valence-electron chi connectivity index (χ3n) is 1.25. The van der Waals surface area contributed by atoms with Gasteiger partial charge in [-0.25, -0.2) is 4.39 Å². The van der Waals surface area contributed by atoms with Gasteiger partial charge in [-0.1, -0.05) is 0 Å². The SMILES string of the molecule is Fc1ccc(SC[B-](F)(F)F)cc1.[K+]. The summed E-state index contributed by atoms with van der Waals surface area (Å²) in [5.41, 5.74) is -0.883. The van der Waals surface area contributed by atoms with Gasteiger partial charge in [0.05, 0.1) is 0 Å². The predicted octanol–water partition coefficient (Wildman–Crippen LogP) is 0.308. The quantitative estimate of drug-likeness (QED) is 0.421. The molecular formula is C7H6BF4KS. The molecule has 1 rings (SSSR count). The molecule has 0 aliphatic carbocycles. The Morgan fingerprint density at radius 3 is 2.00 bits per heavy atom. The van der Waals surface area contributed by atoms with Crippen LogP contribution in [0.3, 0.4) is 0 Å². The van der Waals surface area contributed by atoms with Crippen molar-refractivity contribution in [2.24, 2.45) is 0 Å². The van der Waals surface area contributed by atoms with Crippen molar-refractivity contribution in [3.05, 3.63) is 30.1 Å². The van der Waals surface area contributed by atoms with Gasteiger partial charge in [0.15, 0.2) is 0 Å². The molecule has 0 radical (unpaired) electrons. The van der Waals surface area contributed by atoms with Gasteiger partial charge in [0, 0.05) is 4.90 Å². The largest absolute Gasteiger partial charge is 1.00 e. The first-order valence-electron chi connectivity index (χ1n) is 3.57. The zero-order valence-electron chi connectivity index (χ0n) is 7.51. The van der Waals surface area contributed by atoms with E-state index in [1.54, 1.807) is 0 Å². The minimum Gasteiger partial charge on any atom is -0.448 e. The molecule has 0 saturated heterocycles. The monoisotopic (exact) mass is 248 g/mol. The first-order valence-corrected chi connectivity index (χ1v) is 4.55. The molecular weight excluding hydrogens is 242 g/mol. The molecule has 1 aromatic carbocycles. The van der Waals surface area contributed by atoms with Crippen LogP contribution >= 0.6 is 11.8 Å². The summed E-state index contributed by atoms with van der Waals surface area (Å²) >= 11 is 0.672. The molecule has 0 heterocycles. The van der Waals surface area contributed by atoms with Crippen LogP contribution < -0.4 is 51.4 Å². The second-order valence-electron chi connectivity index (χ2n) is 2.48. The summed E-state index contributed by atoms with van der Waals surface area (Å²) in [6, 6.07) is 4.96. The topological polar surface area (TPSA) is 0 Å². The van der Waals surface area contributed by atoms with E-state index in [0.717, 1.165) is 12.1 Å². The Balaban J connectivity index is 0.00000169. The molecule has 1 aromatic rings. The Hall–Kier alpha value is 0.991. The number of hydrogen-bond donors (Lipinski definition) is 0. The van der Waals surface area contributed by atoms with Crippen LogP contribution in [-0.2, 0) is 0 Å². The Morgan fingerprint density at radius 1 is 1.07 bits per heavy atom. The van der Waals surface area contributed by atoms with E-state index in [0.29, 0.717) is 16.7 Å². The zero-order chi connectivity index (χ0) is 9.90. The second kappa shape index (κ2) is 6.55. The minimum absolute atomic E-state index is 0. The Bertz CT molecular complexity index is 274. The standard InChI is InChI=1S/C7H6BF4S.K/c9-6-1-3-7(4-2-6)13-5-8(10,11)12;/h1-4H,5H2;/q-1;+1. The molecule has 0 fully saturated rings. The summed E-state index contributed by atoms with van der Waals surface area (Å²) < 4.78 is 47.7. The van der Waals surface area contributed by atoms with Gasteiger partial charge in [0.1, 0.15) is 5.82 Å². The van der Waals surface area contributed by atoms with Crippen molar-refractivity contribution < 1.29 is 68.7 Å². The number of rotatable bonds is 3. The van der Waals surface area contributed by atoms with E-state index >= 15 is 0 Å². The molecule has 7 heteroatoms. The summed E-state index contributed by atoms with van der Waals surface area (Å²) in [5.74, 6) is -0.443. The van der Waals surface area contributed by atoms with Crippen LogP contribution in [0.25, 0.3) is 0 Å². The van der Waals surface area contributed by atoms with Gasteiger partial charge in [-0.15, -0.1) is 0 Å². The van der Waals surface area contributed by atoms with Crippen molar-refractivity contribution in [1.29, 1.82) is 0 Å². The van der Waals surface area contributed by atoms with Crippen LogP contribution in [0.4, 0.5) is 17.3 Å². The van der Waals surface area contributed by atoms with Gasteiger partial charge in [-0.2, -0.15) is 11.8 Å². The van der Waals surface area contributed by atoms with Gasteiger partial charge >= 0.3 is 58.4 Å². The normalized spacial score (nSPS) is 10.9. The smallest absolute Gasteiger partial charge is 0.448 e. The van der Waals surface area contributed by atoms with E-state index in [1.165, 1.54) is 12.1 Å². The van der Waals surface area contributed by atoms with E-state index in [1.807, 2.05) is 0 Å². The first kappa shape index (κ1) is 15.0. The maximum atomic E-state index is 12.3. The fourth-order valence-electron chi connectivity index (χ4n) is 0.722. The Kier molecular flexibility index (Phi) is 7.01. The second-order valence-corrected chi connectivity index (χ2v) is 3.57. The number of benzene rings is 1. The molecule has 0 atom stereocenters. The van der Waals surface area contributed by atoms with Crippen molar-refractivity contribution in [1.82, 2.24) is 0 Å². The molecule has 0 amide bonds. The summed E-state index contributed by atoms with van der Waals surface area (Å²) in [6.45, 7) is -4.77. The van der Waals surface area contributed by atoms with Crippen LogP contribution in [0, 0.1) is 5.82 Å². The van der Waals surface area contributed by atoms with Crippen molar-refractivity contribution in [2.75, 3.05) is 5.65 Å². The zero-order valence-corrected chi connectivity index (χ0v) is 11.5. The van der Waals surface area contributed by atoms with Crippen LogP contribution in [0.2, 0.25) is 0 Å². The van der Waals surface area contributed by atoms with E-state index in [-0.39, 0.29) is 51.4 Å². The van der Waals surface area contributed by atoms with Crippen LogP contribution in [-0.4, -0.2) is 12.6 Å². The number of hydrogen-bond acceptors (Lipinski definition) is 1. The molecule has 0 N–H and O–H groups in total. The number of thioether (sulfide) groups is 1. The van der Waals surface area contributed by atoms with Crippen molar-refractivity contribution in [2.45, 2.75) is 4.90 Å². The van der Waals surface area contributed by atoms with Gasteiger partial charge in [-0.05, 0) is 29.9 Å². The van der Waals surface area contributed by atoms with Gasteiger partial charge in [0.25, 0.3) is 0 Å². The van der Waals surface area contributed by atoms with Crippen molar-refractivity contribution in [3.63, 3.8) is 0 Å².